The van der Waals surface area contributed by atoms with Gasteiger partial charge in [0.05, 0.1) is 176 Å². The van der Waals surface area contributed by atoms with Crippen LogP contribution in [0.5, 0.6) is 5.75 Å². The van der Waals surface area contributed by atoms with Gasteiger partial charge < -0.3 is 88.3 Å². The van der Waals surface area contributed by atoms with E-state index in [1.54, 1.807) is 32.0 Å². The molecule has 0 unspecified atom stereocenters. The number of hydrogen-bond donors (Lipinski definition) is 6. The highest BCUT2D eigenvalue weighted by atomic mass is 16.6. The van der Waals surface area contributed by atoms with E-state index in [-0.39, 0.29) is 56.4 Å². The number of ether oxygens (including phenoxy) is 12. The third-order valence-corrected chi connectivity index (χ3v) is 11.0. The van der Waals surface area contributed by atoms with Crippen LogP contribution in [-0.4, -0.2) is 251 Å². The Morgan fingerprint density at radius 2 is 0.963 bits per heavy atom. The van der Waals surface area contributed by atoms with Gasteiger partial charge in [0, 0.05) is 51.2 Å². The number of phenolic OH excluding ortho intramolecular Hbond substituents is 1. The Morgan fingerprint density at radius 3 is 1.39 bits per heavy atom. The Balaban J connectivity index is 0.971. The quantitative estimate of drug-likeness (QED) is 0.0380. The lowest BCUT2D eigenvalue weighted by Gasteiger charge is -2.17. The number of anilines is 1. The van der Waals surface area contributed by atoms with E-state index in [1.807, 2.05) is 6.07 Å². The first kappa shape index (κ1) is 68.5. The van der Waals surface area contributed by atoms with Gasteiger partial charge in [0.1, 0.15) is 11.8 Å². The summed E-state index contributed by atoms with van der Waals surface area (Å²) in [5.74, 6) is -2.97. The van der Waals surface area contributed by atoms with Gasteiger partial charge in [-0.15, -0.1) is 0 Å². The number of aromatic hydroxyl groups is 1. The molecule has 1 aromatic carbocycles. The van der Waals surface area contributed by atoms with Crippen LogP contribution < -0.4 is 21.3 Å². The summed E-state index contributed by atoms with van der Waals surface area (Å²) in [6, 6.07) is 5.65. The number of carbonyl (C=O) groups excluding carboxylic acids is 5. The maximum absolute atomic E-state index is 13.1. The number of amides is 5. The molecule has 6 N–H and O–H groups in total. The molecule has 80 heavy (non-hydrogen) atoms. The Morgan fingerprint density at radius 1 is 0.550 bits per heavy atom. The summed E-state index contributed by atoms with van der Waals surface area (Å²) in [6.45, 7) is 13.1. The SMILES string of the molecule is Cc1nc(NCCCc2cccc(O)c2)nc(C)c1C(=O)N[C@@H](CNC(=O)CCOCCOCCOCCOCCOCCOCCOCCOCCOCCOCCOCCOCCNC(=O)CCN1C(=O)C=CC1=O)C(=O)O. The van der Waals surface area contributed by atoms with Crippen molar-refractivity contribution in [2.24, 2.45) is 0 Å². The molecule has 2 heterocycles. The van der Waals surface area contributed by atoms with Crippen LogP contribution >= 0.6 is 0 Å². The largest absolute Gasteiger partial charge is 0.508 e. The van der Waals surface area contributed by atoms with Gasteiger partial charge in [-0.05, 0) is 44.4 Å². The summed E-state index contributed by atoms with van der Waals surface area (Å²) in [6.07, 6.45) is 3.88. The van der Waals surface area contributed by atoms with Crippen LogP contribution in [0.15, 0.2) is 36.4 Å². The molecule has 5 amide bonds. The van der Waals surface area contributed by atoms with Crippen LogP contribution in [0.2, 0.25) is 0 Å². The number of rotatable bonds is 52. The van der Waals surface area contributed by atoms with E-state index in [4.69, 9.17) is 56.8 Å². The van der Waals surface area contributed by atoms with Crippen LogP contribution in [0, 0.1) is 13.8 Å². The highest BCUT2D eigenvalue weighted by Crippen LogP contribution is 2.15. The lowest BCUT2D eigenvalue weighted by molar-refractivity contribution is -0.140. The molecule has 0 saturated heterocycles. The number of phenols is 1. The van der Waals surface area contributed by atoms with Crippen molar-refractivity contribution in [3.05, 3.63) is 58.9 Å². The summed E-state index contributed by atoms with van der Waals surface area (Å²) in [5.41, 5.74) is 1.88. The van der Waals surface area contributed by atoms with Crippen LogP contribution in [0.25, 0.3) is 0 Å². The number of aryl methyl sites for hydroxylation is 3. The minimum atomic E-state index is -1.39. The molecule has 1 aliphatic heterocycles. The zero-order valence-electron chi connectivity index (χ0n) is 46.3. The monoisotopic (exact) mass is 1140 g/mol. The molecule has 27 heteroatoms. The summed E-state index contributed by atoms with van der Waals surface area (Å²) in [7, 11) is 0. The number of nitrogens with zero attached hydrogens (tertiary/aromatic N) is 3. The molecule has 1 atom stereocenters. The first-order valence-corrected chi connectivity index (χ1v) is 26.8. The Labute approximate surface area is 467 Å². The van der Waals surface area contributed by atoms with E-state index < -0.39 is 35.6 Å². The summed E-state index contributed by atoms with van der Waals surface area (Å²) in [4.78, 5) is 81.9. The maximum Gasteiger partial charge on any atom is 0.328 e. The third-order valence-electron chi connectivity index (χ3n) is 11.0. The summed E-state index contributed by atoms with van der Waals surface area (Å²) in [5, 5.41) is 30.1. The second kappa shape index (κ2) is 44.9. The maximum atomic E-state index is 13.1. The summed E-state index contributed by atoms with van der Waals surface area (Å²) >= 11 is 0. The van der Waals surface area contributed by atoms with Crippen LogP contribution in [0.3, 0.4) is 0 Å². The molecule has 27 nitrogen and oxygen atoms in total. The standard InChI is InChI=1S/C53H83N7O20/c1-41-50(42(2)58-53(57-41)55-12-4-6-43-5-3-7-44(61)39-43)51(66)59-45(52(67)68)40-56-47(63)11-15-69-17-19-71-21-23-73-25-27-75-29-31-77-33-35-79-37-38-80-36-34-78-32-30-76-28-26-74-24-22-72-20-18-70-16-13-54-46(62)10-14-60-48(64)8-9-49(60)65/h3,5,7-9,39,45,61H,4,6,10-38,40H2,1-2H3,(H,54,62)(H,56,63)(H,59,66)(H,67,68)(H,55,57,58)/t45-/m0/s1. The first-order valence-electron chi connectivity index (χ1n) is 26.8. The number of carboxylic acids is 1. The molecule has 0 fully saturated rings. The molecule has 3 rings (SSSR count). The average molecular weight is 1140 g/mol. The molecule has 0 spiro atoms. The van der Waals surface area contributed by atoms with Crippen molar-refractivity contribution in [1.29, 1.82) is 0 Å². The molecule has 2 aromatic rings. The number of carboxylic acid groups (broad SMARTS) is 1. The number of nitrogens with one attached hydrogen (secondary N) is 4. The first-order chi connectivity index (χ1) is 38.9. The van der Waals surface area contributed by atoms with E-state index in [9.17, 15) is 39.0 Å². The minimum Gasteiger partial charge on any atom is -0.508 e. The lowest BCUT2D eigenvalue weighted by atomic mass is 10.1. The molecule has 0 radical (unpaired) electrons. The number of benzene rings is 1. The van der Waals surface area contributed by atoms with Gasteiger partial charge in [-0.3, -0.25) is 28.9 Å². The molecular weight excluding hydrogens is 1050 g/mol. The number of aromatic nitrogens is 2. The van der Waals surface area contributed by atoms with E-state index in [0.717, 1.165) is 23.3 Å². The fourth-order valence-corrected chi connectivity index (χ4v) is 6.97. The molecule has 0 saturated carbocycles. The van der Waals surface area contributed by atoms with Gasteiger partial charge in [-0.25, -0.2) is 14.8 Å². The van der Waals surface area contributed by atoms with Gasteiger partial charge in [0.2, 0.25) is 17.8 Å². The van der Waals surface area contributed by atoms with E-state index in [0.29, 0.717) is 176 Å². The van der Waals surface area contributed by atoms with Crippen LogP contribution in [0.4, 0.5) is 5.95 Å². The predicted molar refractivity (Wildman–Crippen MR) is 286 cm³/mol. The molecule has 0 bridgehead atoms. The number of carbonyl (C=O) groups is 6. The Kier molecular flexibility index (Phi) is 38.4. The second-order valence-corrected chi connectivity index (χ2v) is 17.3. The highest BCUT2D eigenvalue weighted by molar-refractivity contribution is 6.13. The van der Waals surface area contributed by atoms with Crippen molar-refractivity contribution in [3.8, 4) is 5.75 Å². The van der Waals surface area contributed by atoms with Crippen molar-refractivity contribution < 1.29 is 95.8 Å². The zero-order valence-corrected chi connectivity index (χ0v) is 46.3. The Bertz CT molecular complexity index is 2060. The van der Waals surface area contributed by atoms with Crippen molar-refractivity contribution in [3.63, 3.8) is 0 Å². The highest BCUT2D eigenvalue weighted by Gasteiger charge is 2.25. The topological polar surface area (TPSA) is 331 Å². The van der Waals surface area contributed by atoms with Gasteiger partial charge in [-0.2, -0.15) is 0 Å². The van der Waals surface area contributed by atoms with Gasteiger partial charge in [0.15, 0.2) is 0 Å². The average Bonchev–Trinajstić information content (AvgIpc) is 3.79. The van der Waals surface area contributed by atoms with Crippen molar-refractivity contribution in [1.82, 2.24) is 30.8 Å². The van der Waals surface area contributed by atoms with Crippen molar-refractivity contribution in [2.45, 2.75) is 45.6 Å². The zero-order chi connectivity index (χ0) is 57.7. The fourth-order valence-electron chi connectivity index (χ4n) is 6.97. The Hall–Kier alpha value is -5.82. The molecule has 1 aliphatic rings. The molecule has 1 aromatic heterocycles. The van der Waals surface area contributed by atoms with Crippen LogP contribution in [-0.2, 0) is 87.2 Å². The second-order valence-electron chi connectivity index (χ2n) is 17.3. The smallest absolute Gasteiger partial charge is 0.328 e. The van der Waals surface area contributed by atoms with Gasteiger partial charge >= 0.3 is 5.97 Å². The third kappa shape index (κ3) is 33.7. The molecule has 0 aliphatic carbocycles. The predicted octanol–water partition coefficient (Wildman–Crippen LogP) is 0.164. The lowest BCUT2D eigenvalue weighted by Crippen LogP contribution is -2.48. The van der Waals surface area contributed by atoms with E-state index in [2.05, 4.69) is 31.2 Å². The van der Waals surface area contributed by atoms with Crippen molar-refractivity contribution in [2.75, 3.05) is 190 Å². The van der Waals surface area contributed by atoms with Gasteiger partial charge in [-0.1, -0.05) is 12.1 Å². The summed E-state index contributed by atoms with van der Waals surface area (Å²) < 4.78 is 65.7. The fraction of sp³-hybridized carbons (Fsp3) is 0.660. The normalized spacial score (nSPS) is 12.6. The number of imide groups is 1. The molecule has 450 valence electrons. The molecular formula is C53H83N7O20. The number of aliphatic carboxylic acids is 1. The van der Waals surface area contributed by atoms with Gasteiger partial charge in [0.25, 0.3) is 17.7 Å². The minimum absolute atomic E-state index is 0.0163. The van der Waals surface area contributed by atoms with E-state index in [1.165, 1.54) is 12.2 Å². The number of hydrogen-bond acceptors (Lipinski definition) is 22. The van der Waals surface area contributed by atoms with E-state index >= 15 is 0 Å². The van der Waals surface area contributed by atoms with Crippen LogP contribution in [0.1, 0.15) is 46.6 Å². The van der Waals surface area contributed by atoms with Crippen molar-refractivity contribution >= 4 is 41.5 Å².